The van der Waals surface area contributed by atoms with E-state index in [1.807, 2.05) is 0 Å². The van der Waals surface area contributed by atoms with E-state index in [1.165, 1.54) is 53.1 Å². The topological polar surface area (TPSA) is 8.81 Å². The van der Waals surface area contributed by atoms with E-state index in [9.17, 15) is 0 Å². The number of nitrogens with zero attached hydrogens (tertiary/aromatic N) is 2. The highest BCUT2D eigenvalue weighted by Crippen LogP contribution is 2.28. The predicted octanol–water partition coefficient (Wildman–Crippen LogP) is 2.71. The zero-order valence-corrected chi connectivity index (χ0v) is 17.5. The number of hydrogen-bond acceptors (Lipinski definition) is 0. The molecule has 0 amide bonds. The lowest BCUT2D eigenvalue weighted by atomic mass is 10.2. The van der Waals surface area contributed by atoms with E-state index < -0.39 is 0 Å². The SMILES string of the molecule is CCCCCCn1c2ccccc2c2cc[n+](Cc3ccccc3)cc21.[Br-]. The van der Waals surface area contributed by atoms with Crippen LogP contribution in [0.1, 0.15) is 38.2 Å². The maximum absolute atomic E-state index is 2.52. The summed E-state index contributed by atoms with van der Waals surface area (Å²) < 4.78 is 4.82. The average Bonchev–Trinajstić information content (AvgIpc) is 2.99. The maximum Gasteiger partial charge on any atom is 0.193 e. The molecule has 0 aliphatic heterocycles. The third-order valence-electron chi connectivity index (χ3n) is 5.22. The Bertz CT molecular complexity index is 1000. The molecule has 3 heteroatoms. The first kappa shape index (κ1) is 19.6. The molecule has 4 aromatic rings. The Labute approximate surface area is 172 Å². The molecule has 2 nitrogen and oxygen atoms in total. The third-order valence-corrected chi connectivity index (χ3v) is 5.22. The van der Waals surface area contributed by atoms with Crippen LogP contribution in [0.2, 0.25) is 0 Å². The third kappa shape index (κ3) is 4.24. The molecule has 2 heterocycles. The molecule has 0 radical (unpaired) electrons. The Morgan fingerprint density at radius 2 is 1.52 bits per heavy atom. The summed E-state index contributed by atoms with van der Waals surface area (Å²) in [6.07, 6.45) is 9.69. The van der Waals surface area contributed by atoms with E-state index in [2.05, 4.69) is 89.1 Å². The monoisotopic (exact) mass is 422 g/mol. The number of aryl methyl sites for hydroxylation is 1. The number of para-hydroxylation sites is 1. The molecule has 4 rings (SSSR count). The van der Waals surface area contributed by atoms with Gasteiger partial charge in [0.05, 0.1) is 0 Å². The highest BCUT2D eigenvalue weighted by Gasteiger charge is 2.14. The minimum Gasteiger partial charge on any atom is -1.00 e. The van der Waals surface area contributed by atoms with Gasteiger partial charge in [0.25, 0.3) is 0 Å². The second-order valence-corrected chi connectivity index (χ2v) is 7.13. The van der Waals surface area contributed by atoms with E-state index in [0.717, 1.165) is 13.1 Å². The van der Waals surface area contributed by atoms with Crippen LogP contribution in [-0.2, 0) is 13.1 Å². The van der Waals surface area contributed by atoms with Crippen LogP contribution >= 0.6 is 0 Å². The average molecular weight is 423 g/mol. The molecular weight excluding hydrogens is 396 g/mol. The van der Waals surface area contributed by atoms with E-state index in [4.69, 9.17) is 0 Å². The van der Waals surface area contributed by atoms with Crippen molar-refractivity contribution in [2.75, 3.05) is 0 Å². The van der Waals surface area contributed by atoms with E-state index in [1.54, 1.807) is 0 Å². The summed E-state index contributed by atoms with van der Waals surface area (Å²) in [6, 6.07) is 21.8. The van der Waals surface area contributed by atoms with Gasteiger partial charge in [0.2, 0.25) is 0 Å². The van der Waals surface area contributed by atoms with Crippen molar-refractivity contribution >= 4 is 21.8 Å². The van der Waals surface area contributed by atoms with Crippen LogP contribution in [0.4, 0.5) is 0 Å². The van der Waals surface area contributed by atoms with Gasteiger partial charge in [-0.25, -0.2) is 0 Å². The zero-order chi connectivity index (χ0) is 17.8. The molecule has 0 saturated carbocycles. The Kier molecular flexibility index (Phi) is 6.68. The minimum atomic E-state index is 0. The second kappa shape index (κ2) is 9.18. The molecular formula is C24H27BrN2. The second-order valence-electron chi connectivity index (χ2n) is 7.13. The summed E-state index contributed by atoms with van der Waals surface area (Å²) in [6.45, 7) is 4.28. The van der Waals surface area contributed by atoms with Crippen molar-refractivity contribution in [1.29, 1.82) is 0 Å². The summed E-state index contributed by atoms with van der Waals surface area (Å²) in [7, 11) is 0. The molecule has 0 aliphatic rings. The van der Waals surface area contributed by atoms with Gasteiger partial charge in [-0.3, -0.25) is 0 Å². The molecule has 2 aromatic carbocycles. The largest absolute Gasteiger partial charge is 1.00 e. The van der Waals surface area contributed by atoms with Gasteiger partial charge < -0.3 is 21.5 Å². The van der Waals surface area contributed by atoms with Crippen LogP contribution in [0.3, 0.4) is 0 Å². The van der Waals surface area contributed by atoms with E-state index in [0.29, 0.717) is 0 Å². The number of unbranched alkanes of at least 4 members (excludes halogenated alkanes) is 3. The van der Waals surface area contributed by atoms with E-state index in [-0.39, 0.29) is 17.0 Å². The molecule has 140 valence electrons. The summed E-state index contributed by atoms with van der Waals surface area (Å²) in [5.74, 6) is 0. The Morgan fingerprint density at radius 3 is 2.33 bits per heavy atom. The Hall–Kier alpha value is -2.13. The number of fused-ring (bicyclic) bond motifs is 3. The quantitative estimate of drug-likeness (QED) is 0.319. The van der Waals surface area contributed by atoms with Crippen molar-refractivity contribution < 1.29 is 21.5 Å². The van der Waals surface area contributed by atoms with Crippen LogP contribution in [0.25, 0.3) is 21.8 Å². The fourth-order valence-corrected chi connectivity index (χ4v) is 3.86. The van der Waals surface area contributed by atoms with Gasteiger partial charge in [-0.05, 0) is 12.5 Å². The lowest BCUT2D eigenvalue weighted by Crippen LogP contribution is -3.00. The van der Waals surface area contributed by atoms with Crippen LogP contribution in [-0.4, -0.2) is 4.57 Å². The molecule has 0 aliphatic carbocycles. The molecule has 0 atom stereocenters. The van der Waals surface area contributed by atoms with Crippen LogP contribution in [0.15, 0.2) is 73.1 Å². The molecule has 0 bridgehead atoms. The van der Waals surface area contributed by atoms with Crippen molar-refractivity contribution in [1.82, 2.24) is 4.57 Å². The van der Waals surface area contributed by atoms with Gasteiger partial charge in [0.15, 0.2) is 18.9 Å². The first-order valence-corrected chi connectivity index (χ1v) is 9.81. The maximum atomic E-state index is 2.52. The fourth-order valence-electron chi connectivity index (χ4n) is 3.86. The highest BCUT2D eigenvalue weighted by atomic mass is 79.9. The number of halogens is 1. The Morgan fingerprint density at radius 1 is 0.778 bits per heavy atom. The van der Waals surface area contributed by atoms with Crippen molar-refractivity contribution in [3.8, 4) is 0 Å². The predicted molar refractivity (Wildman–Crippen MR) is 109 cm³/mol. The van der Waals surface area contributed by atoms with Crippen LogP contribution < -0.4 is 21.5 Å². The summed E-state index contributed by atoms with van der Waals surface area (Å²) in [5, 5.41) is 2.73. The van der Waals surface area contributed by atoms with Crippen LogP contribution in [0.5, 0.6) is 0 Å². The molecule has 2 aromatic heterocycles. The van der Waals surface area contributed by atoms with Gasteiger partial charge in [-0.1, -0.05) is 74.7 Å². The van der Waals surface area contributed by atoms with Crippen molar-refractivity contribution in [3.05, 3.63) is 78.6 Å². The van der Waals surface area contributed by atoms with Gasteiger partial charge in [-0.15, -0.1) is 0 Å². The molecule has 0 fully saturated rings. The van der Waals surface area contributed by atoms with Gasteiger partial charge in [0, 0.05) is 34.5 Å². The van der Waals surface area contributed by atoms with Gasteiger partial charge in [-0.2, -0.15) is 4.57 Å². The number of rotatable bonds is 7. The van der Waals surface area contributed by atoms with E-state index >= 15 is 0 Å². The van der Waals surface area contributed by atoms with Crippen LogP contribution in [0, 0.1) is 0 Å². The van der Waals surface area contributed by atoms with Crippen molar-refractivity contribution in [3.63, 3.8) is 0 Å². The number of pyridine rings is 1. The number of benzene rings is 2. The summed E-state index contributed by atoms with van der Waals surface area (Å²) >= 11 is 0. The smallest absolute Gasteiger partial charge is 0.193 e. The zero-order valence-electron chi connectivity index (χ0n) is 15.9. The highest BCUT2D eigenvalue weighted by molar-refractivity contribution is 6.07. The fraction of sp³-hybridized carbons (Fsp3) is 0.292. The normalized spacial score (nSPS) is 11.0. The lowest BCUT2D eigenvalue weighted by molar-refractivity contribution is -0.687. The van der Waals surface area contributed by atoms with Gasteiger partial charge >= 0.3 is 0 Å². The number of hydrogen-bond donors (Lipinski definition) is 0. The Balaban J connectivity index is 0.00000210. The molecule has 0 N–H and O–H groups in total. The first-order valence-electron chi connectivity index (χ1n) is 9.81. The minimum absolute atomic E-state index is 0. The van der Waals surface area contributed by atoms with Crippen molar-refractivity contribution in [2.24, 2.45) is 0 Å². The molecule has 0 unspecified atom stereocenters. The molecule has 27 heavy (non-hydrogen) atoms. The molecule has 0 spiro atoms. The summed E-state index contributed by atoms with van der Waals surface area (Å²) in [5.41, 5.74) is 4.04. The lowest BCUT2D eigenvalue weighted by Gasteiger charge is -2.06. The van der Waals surface area contributed by atoms with Crippen molar-refractivity contribution in [2.45, 2.75) is 45.7 Å². The van der Waals surface area contributed by atoms with Gasteiger partial charge in [0.1, 0.15) is 5.52 Å². The number of aromatic nitrogens is 2. The molecule has 0 saturated heterocycles. The standard InChI is InChI=1S/C24H27N2.BrH/c1-2-3-4-10-16-26-23-14-9-8-13-21(23)22-15-17-25(19-24(22)26)18-20-11-6-5-7-12-20;/h5-9,11-15,17,19H,2-4,10,16,18H2,1H3;1H/q+1;/p-1. The summed E-state index contributed by atoms with van der Waals surface area (Å²) in [4.78, 5) is 0. The first-order chi connectivity index (χ1) is 12.9.